The number of ether oxygens (including phenoxy) is 2. The molecule has 0 aromatic heterocycles. The van der Waals surface area contributed by atoms with E-state index in [0.717, 1.165) is 45.4 Å². The first-order chi connectivity index (χ1) is 11.6. The number of nitrogens with zero attached hydrogens (tertiary/aromatic N) is 2. The molecule has 2 fully saturated rings. The minimum absolute atomic E-state index is 0.0739. The highest BCUT2D eigenvalue weighted by atomic mass is 19.1. The number of halogens is 1. The quantitative estimate of drug-likeness (QED) is 0.849. The second-order valence-electron chi connectivity index (χ2n) is 6.49. The topological polar surface area (TPSA) is 42.0 Å². The van der Waals surface area contributed by atoms with E-state index in [2.05, 4.69) is 0 Å². The van der Waals surface area contributed by atoms with Crippen LogP contribution in [0.15, 0.2) is 24.3 Å². The zero-order chi connectivity index (χ0) is 16.9. The number of amides is 2. The molecule has 6 heteroatoms. The Balaban J connectivity index is 1.55. The van der Waals surface area contributed by atoms with Gasteiger partial charge in [-0.05, 0) is 49.9 Å². The lowest BCUT2D eigenvalue weighted by molar-refractivity contribution is 0.0443. The second kappa shape index (κ2) is 7.83. The molecular formula is C18H25FN2O3. The highest BCUT2D eigenvalue weighted by Gasteiger charge is 2.33. The molecule has 3 rings (SSSR count). The third-order valence-electron chi connectivity index (χ3n) is 4.92. The average Bonchev–Trinajstić information content (AvgIpc) is 3.09. The highest BCUT2D eigenvalue weighted by molar-refractivity contribution is 5.75. The summed E-state index contributed by atoms with van der Waals surface area (Å²) in [5.41, 5.74) is 0. The summed E-state index contributed by atoms with van der Waals surface area (Å²) in [4.78, 5) is 16.6. The van der Waals surface area contributed by atoms with Crippen LogP contribution in [-0.4, -0.2) is 61.3 Å². The van der Waals surface area contributed by atoms with E-state index in [1.807, 2.05) is 16.8 Å². The molecule has 2 amide bonds. The molecule has 1 aromatic carbocycles. The Hall–Kier alpha value is -1.82. The van der Waals surface area contributed by atoms with E-state index < -0.39 is 0 Å². The smallest absolute Gasteiger partial charge is 0.320 e. The number of hydrogen-bond donors (Lipinski definition) is 0. The van der Waals surface area contributed by atoms with Gasteiger partial charge in [0.2, 0.25) is 0 Å². The van der Waals surface area contributed by atoms with E-state index in [-0.39, 0.29) is 23.9 Å². The van der Waals surface area contributed by atoms with E-state index in [9.17, 15) is 9.18 Å². The van der Waals surface area contributed by atoms with Gasteiger partial charge in [-0.25, -0.2) is 9.18 Å². The van der Waals surface area contributed by atoms with Crippen LogP contribution in [0.5, 0.6) is 5.75 Å². The van der Waals surface area contributed by atoms with E-state index in [1.54, 1.807) is 12.1 Å². The van der Waals surface area contributed by atoms with Crippen molar-refractivity contribution in [3.05, 3.63) is 30.1 Å². The van der Waals surface area contributed by atoms with Crippen molar-refractivity contribution in [2.45, 2.75) is 37.8 Å². The third-order valence-corrected chi connectivity index (χ3v) is 4.92. The summed E-state index contributed by atoms with van der Waals surface area (Å²) in [6, 6.07) is 6.40. The largest absolute Gasteiger partial charge is 0.491 e. The summed E-state index contributed by atoms with van der Waals surface area (Å²) >= 11 is 0. The molecule has 132 valence electrons. The van der Waals surface area contributed by atoms with Gasteiger partial charge in [-0.3, -0.25) is 0 Å². The van der Waals surface area contributed by atoms with E-state index in [1.165, 1.54) is 12.1 Å². The molecule has 0 spiro atoms. The van der Waals surface area contributed by atoms with Gasteiger partial charge in [-0.1, -0.05) is 0 Å². The van der Waals surface area contributed by atoms with Gasteiger partial charge in [0.05, 0.1) is 6.04 Å². The number of benzene rings is 1. The second-order valence-corrected chi connectivity index (χ2v) is 6.49. The van der Waals surface area contributed by atoms with Crippen LogP contribution in [0.2, 0.25) is 0 Å². The fourth-order valence-corrected chi connectivity index (χ4v) is 3.42. The average molecular weight is 336 g/mol. The maximum atomic E-state index is 12.9. The number of rotatable bonds is 4. The van der Waals surface area contributed by atoms with Gasteiger partial charge in [-0.2, -0.15) is 0 Å². The van der Waals surface area contributed by atoms with Crippen molar-refractivity contribution in [3.8, 4) is 5.75 Å². The lowest BCUT2D eigenvalue weighted by Gasteiger charge is -2.36. The summed E-state index contributed by atoms with van der Waals surface area (Å²) in [7, 11) is 1.88. The Labute approximate surface area is 142 Å². The number of likely N-dealkylation sites (tertiary alicyclic amines) is 1. The van der Waals surface area contributed by atoms with Crippen LogP contribution < -0.4 is 4.74 Å². The van der Waals surface area contributed by atoms with Crippen LogP contribution in [0.4, 0.5) is 9.18 Å². The minimum atomic E-state index is -0.280. The molecule has 2 saturated heterocycles. The molecule has 0 bridgehead atoms. The van der Waals surface area contributed by atoms with Crippen LogP contribution in [0.25, 0.3) is 0 Å². The molecule has 2 aliphatic heterocycles. The number of hydrogen-bond acceptors (Lipinski definition) is 3. The monoisotopic (exact) mass is 336 g/mol. The number of carbonyl (C=O) groups is 1. The van der Waals surface area contributed by atoms with Crippen molar-refractivity contribution >= 4 is 6.03 Å². The Kier molecular flexibility index (Phi) is 5.56. The SMILES string of the molecule is CN(C(=O)N1CCC[C@H]1COc1ccc(F)cc1)C1CCOCC1. The molecular weight excluding hydrogens is 311 g/mol. The van der Waals surface area contributed by atoms with Gasteiger partial charge in [-0.15, -0.1) is 0 Å². The Bertz CT molecular complexity index is 546. The van der Waals surface area contributed by atoms with Crippen molar-refractivity contribution in [1.29, 1.82) is 0 Å². The van der Waals surface area contributed by atoms with Crippen molar-refractivity contribution in [1.82, 2.24) is 9.80 Å². The molecule has 0 N–H and O–H groups in total. The maximum Gasteiger partial charge on any atom is 0.320 e. The lowest BCUT2D eigenvalue weighted by Crippen LogP contribution is -2.50. The van der Waals surface area contributed by atoms with Gasteiger partial charge in [0.15, 0.2) is 0 Å². The summed E-state index contributed by atoms with van der Waals surface area (Å²) < 4.78 is 24.1. The predicted molar refractivity (Wildman–Crippen MR) is 88.6 cm³/mol. The lowest BCUT2D eigenvalue weighted by atomic mass is 10.1. The van der Waals surface area contributed by atoms with Gasteiger partial charge < -0.3 is 19.3 Å². The summed E-state index contributed by atoms with van der Waals surface area (Å²) in [6.07, 6.45) is 3.72. The summed E-state index contributed by atoms with van der Waals surface area (Å²) in [5, 5.41) is 0. The minimum Gasteiger partial charge on any atom is -0.491 e. The summed E-state index contributed by atoms with van der Waals surface area (Å²) in [5.74, 6) is 0.353. The van der Waals surface area contributed by atoms with Crippen LogP contribution >= 0.6 is 0 Å². The zero-order valence-corrected chi connectivity index (χ0v) is 14.1. The standard InChI is InChI=1S/C18H25FN2O3/c1-20(15-8-11-23-12-9-15)18(22)21-10-2-3-16(21)13-24-17-6-4-14(19)5-7-17/h4-7,15-16H,2-3,8-13H2,1H3/t16-/m0/s1. The molecule has 0 unspecified atom stereocenters. The Morgan fingerprint density at radius 2 is 2.00 bits per heavy atom. The molecule has 0 radical (unpaired) electrons. The Morgan fingerprint density at radius 1 is 1.29 bits per heavy atom. The first kappa shape index (κ1) is 17.0. The first-order valence-electron chi connectivity index (χ1n) is 8.64. The molecule has 1 aromatic rings. The molecule has 1 atom stereocenters. The molecule has 5 nitrogen and oxygen atoms in total. The fraction of sp³-hybridized carbons (Fsp3) is 0.611. The fourth-order valence-electron chi connectivity index (χ4n) is 3.42. The van der Waals surface area contributed by atoms with Crippen LogP contribution in [-0.2, 0) is 4.74 Å². The van der Waals surface area contributed by atoms with E-state index >= 15 is 0 Å². The maximum absolute atomic E-state index is 12.9. The summed E-state index contributed by atoms with van der Waals surface area (Å²) in [6.45, 7) is 2.65. The molecule has 0 aliphatic carbocycles. The van der Waals surface area contributed by atoms with Gasteiger partial charge >= 0.3 is 6.03 Å². The Morgan fingerprint density at radius 3 is 2.71 bits per heavy atom. The first-order valence-corrected chi connectivity index (χ1v) is 8.64. The van der Waals surface area contributed by atoms with Crippen molar-refractivity contribution in [3.63, 3.8) is 0 Å². The van der Waals surface area contributed by atoms with Crippen molar-refractivity contribution in [2.24, 2.45) is 0 Å². The molecule has 0 saturated carbocycles. The molecule has 24 heavy (non-hydrogen) atoms. The number of carbonyl (C=O) groups excluding carboxylic acids is 1. The number of urea groups is 1. The van der Waals surface area contributed by atoms with Crippen LogP contribution in [0, 0.1) is 5.82 Å². The van der Waals surface area contributed by atoms with Crippen molar-refractivity contribution < 1.29 is 18.7 Å². The van der Waals surface area contributed by atoms with Gasteiger partial charge in [0.1, 0.15) is 18.2 Å². The zero-order valence-electron chi connectivity index (χ0n) is 14.1. The van der Waals surface area contributed by atoms with Crippen molar-refractivity contribution in [2.75, 3.05) is 33.4 Å². The molecule has 2 heterocycles. The predicted octanol–water partition coefficient (Wildman–Crippen LogP) is 2.90. The van der Waals surface area contributed by atoms with E-state index in [4.69, 9.17) is 9.47 Å². The third kappa shape index (κ3) is 3.98. The van der Waals surface area contributed by atoms with E-state index in [0.29, 0.717) is 12.4 Å². The van der Waals surface area contributed by atoms with Crippen LogP contribution in [0.3, 0.4) is 0 Å². The van der Waals surface area contributed by atoms with Gasteiger partial charge in [0.25, 0.3) is 0 Å². The highest BCUT2D eigenvalue weighted by Crippen LogP contribution is 2.23. The van der Waals surface area contributed by atoms with Gasteiger partial charge in [0, 0.05) is 32.8 Å². The molecule has 2 aliphatic rings. The van der Waals surface area contributed by atoms with Crippen LogP contribution in [0.1, 0.15) is 25.7 Å². The normalized spacial score (nSPS) is 21.8.